The SMILES string of the molecule is CCC(CC1CC1)NS(=O)(=O)c1cnccc1NC. The first-order valence-electron chi connectivity index (χ1n) is 6.71. The van der Waals surface area contributed by atoms with Gasteiger partial charge in [0.25, 0.3) is 0 Å². The Hall–Kier alpha value is -1.14. The Morgan fingerprint density at radius 1 is 1.47 bits per heavy atom. The second-order valence-corrected chi connectivity index (χ2v) is 6.71. The zero-order valence-corrected chi connectivity index (χ0v) is 12.2. The average molecular weight is 283 g/mol. The van der Waals surface area contributed by atoms with Crippen LogP contribution in [0.2, 0.25) is 0 Å². The van der Waals surface area contributed by atoms with Gasteiger partial charge in [0, 0.05) is 25.5 Å². The van der Waals surface area contributed by atoms with Crippen LogP contribution in [0.25, 0.3) is 0 Å². The molecule has 6 heteroatoms. The summed E-state index contributed by atoms with van der Waals surface area (Å²) in [6, 6.07) is 1.68. The predicted molar refractivity (Wildman–Crippen MR) is 75.5 cm³/mol. The van der Waals surface area contributed by atoms with Crippen molar-refractivity contribution in [3.8, 4) is 0 Å². The highest BCUT2D eigenvalue weighted by molar-refractivity contribution is 7.89. The molecule has 1 fully saturated rings. The molecular weight excluding hydrogens is 262 g/mol. The number of nitrogens with zero attached hydrogens (tertiary/aromatic N) is 1. The molecule has 1 heterocycles. The van der Waals surface area contributed by atoms with Crippen LogP contribution in [0.3, 0.4) is 0 Å². The van der Waals surface area contributed by atoms with E-state index in [1.807, 2.05) is 6.92 Å². The zero-order chi connectivity index (χ0) is 13.9. The molecule has 0 aliphatic heterocycles. The summed E-state index contributed by atoms with van der Waals surface area (Å²) in [4.78, 5) is 4.12. The molecular formula is C13H21N3O2S. The van der Waals surface area contributed by atoms with Gasteiger partial charge in [-0.2, -0.15) is 0 Å². The molecule has 5 nitrogen and oxygen atoms in total. The minimum absolute atomic E-state index is 0.0161. The van der Waals surface area contributed by atoms with E-state index in [9.17, 15) is 8.42 Å². The van der Waals surface area contributed by atoms with Gasteiger partial charge in [-0.25, -0.2) is 13.1 Å². The Morgan fingerprint density at radius 3 is 2.79 bits per heavy atom. The monoisotopic (exact) mass is 283 g/mol. The van der Waals surface area contributed by atoms with Crippen LogP contribution in [0.15, 0.2) is 23.4 Å². The Labute approximate surface area is 114 Å². The maximum Gasteiger partial charge on any atom is 0.244 e. The van der Waals surface area contributed by atoms with Crippen molar-refractivity contribution in [1.29, 1.82) is 0 Å². The van der Waals surface area contributed by atoms with Gasteiger partial charge < -0.3 is 5.32 Å². The summed E-state index contributed by atoms with van der Waals surface area (Å²) < 4.78 is 27.6. The molecule has 19 heavy (non-hydrogen) atoms. The van der Waals surface area contributed by atoms with E-state index in [4.69, 9.17) is 0 Å². The minimum atomic E-state index is -3.51. The minimum Gasteiger partial charge on any atom is -0.387 e. The van der Waals surface area contributed by atoms with Crippen molar-refractivity contribution in [1.82, 2.24) is 9.71 Å². The van der Waals surface area contributed by atoms with Crippen LogP contribution in [0.5, 0.6) is 0 Å². The van der Waals surface area contributed by atoms with Gasteiger partial charge in [0.15, 0.2) is 0 Å². The summed E-state index contributed by atoms with van der Waals surface area (Å²) in [5.74, 6) is 0.699. The number of nitrogens with one attached hydrogen (secondary N) is 2. The summed E-state index contributed by atoms with van der Waals surface area (Å²) in [6.45, 7) is 2.01. The maximum atomic E-state index is 12.4. The molecule has 0 spiro atoms. The third-order valence-electron chi connectivity index (χ3n) is 3.47. The highest BCUT2D eigenvalue weighted by atomic mass is 32.2. The molecule has 1 aromatic heterocycles. The quantitative estimate of drug-likeness (QED) is 0.802. The van der Waals surface area contributed by atoms with Crippen LogP contribution in [0.4, 0.5) is 5.69 Å². The fourth-order valence-corrected chi connectivity index (χ4v) is 3.63. The van der Waals surface area contributed by atoms with Gasteiger partial charge in [-0.15, -0.1) is 0 Å². The zero-order valence-electron chi connectivity index (χ0n) is 11.4. The topological polar surface area (TPSA) is 71.1 Å². The Bertz CT molecular complexity index is 526. The van der Waals surface area contributed by atoms with Crippen molar-refractivity contribution in [3.05, 3.63) is 18.5 Å². The van der Waals surface area contributed by atoms with Crippen molar-refractivity contribution < 1.29 is 8.42 Å². The standard InChI is InChI=1S/C13H21N3O2S/c1-3-11(8-10-4-5-10)16-19(17,18)13-9-15-7-6-12(13)14-2/h6-7,9-11,16H,3-5,8H2,1-2H3,(H,14,15). The lowest BCUT2D eigenvalue weighted by Gasteiger charge is -2.18. The van der Waals surface area contributed by atoms with Gasteiger partial charge >= 0.3 is 0 Å². The Morgan fingerprint density at radius 2 is 2.21 bits per heavy atom. The largest absolute Gasteiger partial charge is 0.387 e. The number of hydrogen-bond donors (Lipinski definition) is 2. The molecule has 1 aliphatic carbocycles. The summed E-state index contributed by atoms with van der Waals surface area (Å²) >= 11 is 0. The van der Waals surface area contributed by atoms with Crippen LogP contribution in [0, 0.1) is 5.92 Å². The molecule has 1 aliphatic rings. The van der Waals surface area contributed by atoms with E-state index in [0.717, 1.165) is 12.8 Å². The summed E-state index contributed by atoms with van der Waals surface area (Å²) in [6.07, 6.45) is 7.17. The molecule has 0 amide bonds. The normalized spacial score (nSPS) is 17.2. The predicted octanol–water partition coefficient (Wildman–Crippen LogP) is 1.98. The van der Waals surface area contributed by atoms with E-state index < -0.39 is 10.0 Å². The van der Waals surface area contributed by atoms with Crippen LogP contribution in [-0.2, 0) is 10.0 Å². The van der Waals surface area contributed by atoms with Gasteiger partial charge in [0.1, 0.15) is 4.90 Å². The van der Waals surface area contributed by atoms with Crippen molar-refractivity contribution in [2.75, 3.05) is 12.4 Å². The first kappa shape index (κ1) is 14.3. The van der Waals surface area contributed by atoms with Gasteiger partial charge in [-0.1, -0.05) is 19.8 Å². The lowest BCUT2D eigenvalue weighted by molar-refractivity contribution is 0.495. The summed E-state index contributed by atoms with van der Waals surface area (Å²) in [5, 5.41) is 2.89. The average Bonchev–Trinajstić information content (AvgIpc) is 3.21. The molecule has 2 rings (SSSR count). The maximum absolute atomic E-state index is 12.4. The lowest BCUT2D eigenvalue weighted by Crippen LogP contribution is -2.35. The molecule has 1 unspecified atom stereocenters. The van der Waals surface area contributed by atoms with Crippen LogP contribution in [-0.4, -0.2) is 26.5 Å². The molecule has 1 aromatic rings. The first-order valence-corrected chi connectivity index (χ1v) is 8.19. The molecule has 1 atom stereocenters. The van der Waals surface area contributed by atoms with Gasteiger partial charge in [0.2, 0.25) is 10.0 Å². The van der Waals surface area contributed by atoms with E-state index in [0.29, 0.717) is 11.6 Å². The van der Waals surface area contributed by atoms with E-state index in [-0.39, 0.29) is 10.9 Å². The van der Waals surface area contributed by atoms with Crippen molar-refractivity contribution >= 4 is 15.7 Å². The van der Waals surface area contributed by atoms with Crippen LogP contribution >= 0.6 is 0 Å². The van der Waals surface area contributed by atoms with E-state index in [1.165, 1.54) is 19.0 Å². The fraction of sp³-hybridized carbons (Fsp3) is 0.615. The molecule has 0 saturated heterocycles. The highest BCUT2D eigenvalue weighted by Gasteiger charge is 2.28. The van der Waals surface area contributed by atoms with Gasteiger partial charge in [-0.05, 0) is 24.8 Å². The van der Waals surface area contributed by atoms with Crippen molar-refractivity contribution in [3.63, 3.8) is 0 Å². The molecule has 1 saturated carbocycles. The van der Waals surface area contributed by atoms with E-state index in [1.54, 1.807) is 19.3 Å². The van der Waals surface area contributed by atoms with E-state index in [2.05, 4.69) is 15.0 Å². The second kappa shape index (κ2) is 5.88. The molecule has 0 aromatic carbocycles. The van der Waals surface area contributed by atoms with Crippen molar-refractivity contribution in [2.45, 2.75) is 43.5 Å². The lowest BCUT2D eigenvalue weighted by atomic mass is 10.1. The number of sulfonamides is 1. The Balaban J connectivity index is 2.15. The van der Waals surface area contributed by atoms with Gasteiger partial charge in [0.05, 0.1) is 5.69 Å². The van der Waals surface area contributed by atoms with E-state index >= 15 is 0 Å². The number of aromatic nitrogens is 1. The summed E-state index contributed by atoms with van der Waals surface area (Å²) in [5.41, 5.74) is 0.573. The third kappa shape index (κ3) is 3.67. The number of hydrogen-bond acceptors (Lipinski definition) is 4. The van der Waals surface area contributed by atoms with Gasteiger partial charge in [-0.3, -0.25) is 4.98 Å². The summed E-state index contributed by atoms with van der Waals surface area (Å²) in [7, 11) is -1.80. The molecule has 0 bridgehead atoms. The van der Waals surface area contributed by atoms with Crippen LogP contribution in [0.1, 0.15) is 32.6 Å². The second-order valence-electron chi connectivity index (χ2n) is 5.03. The fourth-order valence-electron chi connectivity index (χ4n) is 2.14. The Kier molecular flexibility index (Phi) is 4.42. The van der Waals surface area contributed by atoms with Crippen molar-refractivity contribution in [2.24, 2.45) is 5.92 Å². The number of anilines is 1. The highest BCUT2D eigenvalue weighted by Crippen LogP contribution is 2.34. The number of rotatable bonds is 7. The first-order chi connectivity index (χ1) is 9.06. The molecule has 106 valence electrons. The molecule has 0 radical (unpaired) electrons. The molecule has 2 N–H and O–H groups in total. The third-order valence-corrected chi connectivity index (χ3v) is 5.02. The smallest absolute Gasteiger partial charge is 0.244 e. The van der Waals surface area contributed by atoms with Crippen LogP contribution < -0.4 is 10.0 Å². The number of pyridine rings is 1.